The molecular formula is C24H27N5O5. The molecular weight excluding hydrogens is 438 g/mol. The summed E-state index contributed by atoms with van der Waals surface area (Å²) in [5, 5.41) is 6.24. The lowest BCUT2D eigenvalue weighted by Crippen LogP contribution is -2.20. The van der Waals surface area contributed by atoms with Gasteiger partial charge in [-0.05, 0) is 30.7 Å². The molecule has 0 aliphatic rings. The average Bonchev–Trinajstić information content (AvgIpc) is 2.81. The van der Waals surface area contributed by atoms with Gasteiger partial charge in [0.1, 0.15) is 23.5 Å². The number of ether oxygens (including phenoxy) is 3. The number of para-hydroxylation sites is 2. The minimum atomic E-state index is -0.620. The van der Waals surface area contributed by atoms with Gasteiger partial charge in [-0.15, -0.1) is 0 Å². The molecule has 1 aromatic carbocycles. The molecule has 0 aliphatic carbocycles. The highest BCUT2D eigenvalue weighted by Crippen LogP contribution is 2.30. The summed E-state index contributed by atoms with van der Waals surface area (Å²) < 4.78 is 15.6. The summed E-state index contributed by atoms with van der Waals surface area (Å²) in [7, 11) is 3.11. The maximum Gasteiger partial charge on any atom is 0.310 e. The van der Waals surface area contributed by atoms with Crippen LogP contribution in [0.15, 0.2) is 54.9 Å². The molecule has 0 saturated carbocycles. The average molecular weight is 466 g/mol. The highest BCUT2D eigenvalue weighted by atomic mass is 16.6. The Morgan fingerprint density at radius 3 is 2.44 bits per heavy atom. The summed E-state index contributed by atoms with van der Waals surface area (Å²) in [5.74, 6) is 0.577. The fraction of sp³-hybridized carbons (Fsp3) is 0.250. The molecule has 2 heterocycles. The maximum absolute atomic E-state index is 12.0. The molecule has 0 unspecified atom stereocenters. The number of carbonyl (C=O) groups excluding carboxylic acids is 2. The van der Waals surface area contributed by atoms with Crippen LogP contribution in [0.5, 0.6) is 5.75 Å². The van der Waals surface area contributed by atoms with E-state index in [4.69, 9.17) is 19.9 Å². The van der Waals surface area contributed by atoms with Gasteiger partial charge in [0.15, 0.2) is 0 Å². The van der Waals surface area contributed by atoms with E-state index >= 15 is 0 Å². The van der Waals surface area contributed by atoms with E-state index in [0.717, 1.165) is 0 Å². The van der Waals surface area contributed by atoms with Crippen molar-refractivity contribution in [1.29, 1.82) is 0 Å². The van der Waals surface area contributed by atoms with Gasteiger partial charge in [-0.25, -0.2) is 9.97 Å². The van der Waals surface area contributed by atoms with Crippen molar-refractivity contribution in [3.05, 3.63) is 66.0 Å². The summed E-state index contributed by atoms with van der Waals surface area (Å²) in [4.78, 5) is 32.5. The first-order chi connectivity index (χ1) is 16.4. The topological polar surface area (TPSA) is 138 Å². The number of carbonyl (C=O) groups is 2. The predicted molar refractivity (Wildman–Crippen MR) is 128 cm³/mol. The van der Waals surface area contributed by atoms with E-state index in [1.54, 1.807) is 51.6 Å². The van der Waals surface area contributed by atoms with Gasteiger partial charge in [-0.2, -0.15) is 0 Å². The van der Waals surface area contributed by atoms with Crippen LogP contribution in [-0.2, 0) is 20.7 Å². The van der Waals surface area contributed by atoms with Crippen LogP contribution in [0.25, 0.3) is 0 Å². The lowest BCUT2D eigenvalue weighted by molar-refractivity contribution is -0.149. The lowest BCUT2D eigenvalue weighted by atomic mass is 10.2. The zero-order chi connectivity index (χ0) is 24.5. The molecule has 3 aromatic rings. The summed E-state index contributed by atoms with van der Waals surface area (Å²) in [6, 6.07) is 12.4. The fourth-order valence-electron chi connectivity index (χ4n) is 3.15. The van der Waals surface area contributed by atoms with Gasteiger partial charge in [0.25, 0.3) is 5.91 Å². The van der Waals surface area contributed by atoms with E-state index in [-0.39, 0.29) is 24.1 Å². The second-order valence-electron chi connectivity index (χ2n) is 7.41. The van der Waals surface area contributed by atoms with Gasteiger partial charge in [-0.3, -0.25) is 9.59 Å². The Morgan fingerprint density at radius 2 is 1.76 bits per heavy atom. The monoisotopic (exact) mass is 465 g/mol. The second kappa shape index (κ2) is 11.6. The number of anilines is 4. The number of amides is 1. The van der Waals surface area contributed by atoms with Gasteiger partial charge in [0, 0.05) is 25.6 Å². The maximum atomic E-state index is 12.0. The number of aromatic nitrogens is 2. The van der Waals surface area contributed by atoms with E-state index in [0.29, 0.717) is 40.9 Å². The van der Waals surface area contributed by atoms with Crippen molar-refractivity contribution in [3.8, 4) is 5.75 Å². The van der Waals surface area contributed by atoms with Crippen LogP contribution in [-0.4, -0.2) is 48.8 Å². The Balaban J connectivity index is 1.72. The van der Waals surface area contributed by atoms with Crippen molar-refractivity contribution in [2.24, 2.45) is 5.73 Å². The predicted octanol–water partition coefficient (Wildman–Crippen LogP) is 3.19. The van der Waals surface area contributed by atoms with E-state index < -0.39 is 5.91 Å². The molecule has 0 fully saturated rings. The van der Waals surface area contributed by atoms with Crippen LogP contribution in [0.3, 0.4) is 0 Å². The molecule has 0 radical (unpaired) electrons. The van der Waals surface area contributed by atoms with Crippen molar-refractivity contribution in [1.82, 2.24) is 9.97 Å². The molecule has 10 nitrogen and oxygen atoms in total. The Hall–Kier alpha value is -4.18. The highest BCUT2D eigenvalue weighted by molar-refractivity contribution is 5.99. The van der Waals surface area contributed by atoms with Crippen LogP contribution in [0.1, 0.15) is 22.8 Å². The zero-order valence-electron chi connectivity index (χ0n) is 19.2. The molecule has 0 saturated heterocycles. The zero-order valence-corrected chi connectivity index (χ0v) is 19.2. The number of rotatable bonds is 11. The molecule has 3 rings (SSSR count). The van der Waals surface area contributed by atoms with Crippen LogP contribution < -0.4 is 21.1 Å². The number of nitrogens with zero attached hydrogens (tertiary/aromatic N) is 2. The van der Waals surface area contributed by atoms with Crippen LogP contribution >= 0.6 is 0 Å². The Labute approximate surface area is 197 Å². The first kappa shape index (κ1) is 24.5. The van der Waals surface area contributed by atoms with Crippen LogP contribution in [0.2, 0.25) is 0 Å². The lowest BCUT2D eigenvalue weighted by Gasteiger charge is -2.15. The van der Waals surface area contributed by atoms with Crippen molar-refractivity contribution in [2.45, 2.75) is 19.4 Å². The van der Waals surface area contributed by atoms with E-state index in [1.165, 1.54) is 6.20 Å². The molecule has 4 N–H and O–H groups in total. The number of benzene rings is 1. The van der Waals surface area contributed by atoms with Crippen molar-refractivity contribution in [3.63, 3.8) is 0 Å². The van der Waals surface area contributed by atoms with Gasteiger partial charge >= 0.3 is 5.97 Å². The van der Waals surface area contributed by atoms with Gasteiger partial charge in [-0.1, -0.05) is 18.2 Å². The summed E-state index contributed by atoms with van der Waals surface area (Å²) in [6.07, 6.45) is 2.74. The molecule has 1 amide bonds. The normalized spacial score (nSPS) is 11.4. The first-order valence-corrected chi connectivity index (χ1v) is 10.5. The van der Waals surface area contributed by atoms with Gasteiger partial charge in [0.2, 0.25) is 0 Å². The van der Waals surface area contributed by atoms with E-state index in [9.17, 15) is 9.59 Å². The molecule has 2 aromatic heterocycles. The number of hydrogen-bond donors (Lipinski definition) is 3. The highest BCUT2D eigenvalue weighted by Gasteiger charge is 2.14. The molecule has 34 heavy (non-hydrogen) atoms. The van der Waals surface area contributed by atoms with Crippen molar-refractivity contribution in [2.75, 3.05) is 31.5 Å². The van der Waals surface area contributed by atoms with E-state index in [1.807, 2.05) is 18.2 Å². The number of nitrogens with two attached hydrogens (primary N) is 1. The summed E-state index contributed by atoms with van der Waals surface area (Å²) >= 11 is 0. The quantitative estimate of drug-likeness (QED) is 0.364. The molecule has 0 aliphatic heterocycles. The van der Waals surface area contributed by atoms with Gasteiger partial charge < -0.3 is 30.6 Å². The number of nitrogens with one attached hydrogen (secondary N) is 2. The first-order valence-electron chi connectivity index (χ1n) is 10.5. The Morgan fingerprint density at radius 1 is 1.00 bits per heavy atom. The van der Waals surface area contributed by atoms with Gasteiger partial charge in [0.05, 0.1) is 37.1 Å². The third kappa shape index (κ3) is 6.66. The fourth-order valence-corrected chi connectivity index (χ4v) is 3.15. The minimum absolute atomic E-state index is 0.0971. The number of hydrogen-bond acceptors (Lipinski definition) is 9. The molecule has 10 heteroatoms. The second-order valence-corrected chi connectivity index (χ2v) is 7.41. The largest absolute Gasteiger partial charge is 0.495 e. The molecule has 178 valence electrons. The Bertz CT molecular complexity index is 1140. The third-order valence-electron chi connectivity index (χ3n) is 4.71. The van der Waals surface area contributed by atoms with E-state index in [2.05, 4.69) is 20.6 Å². The molecule has 1 atom stereocenters. The third-order valence-corrected chi connectivity index (χ3v) is 4.71. The van der Waals surface area contributed by atoms with Crippen molar-refractivity contribution >= 4 is 34.9 Å². The Kier molecular flexibility index (Phi) is 8.36. The minimum Gasteiger partial charge on any atom is -0.495 e. The number of primary amides is 1. The molecule has 0 spiro atoms. The number of pyridine rings is 2. The summed E-state index contributed by atoms with van der Waals surface area (Å²) in [5.41, 5.74) is 7.57. The number of esters is 1. The smallest absolute Gasteiger partial charge is 0.310 e. The van der Waals surface area contributed by atoms with Crippen LogP contribution in [0, 0.1) is 0 Å². The SMILES string of the molecule is COC[C@@H](C)OC(=O)Cc1ccc(Nc2cc(Nc3ccccc3OC)c(C(N)=O)cn2)nc1. The standard InChI is InChI=1S/C24H27N5O5/c1-15(14-32-2)34-23(30)10-16-8-9-21(26-12-16)29-22-11-19(17(13-27-22)24(25)31)28-18-6-4-5-7-20(18)33-3/h4-9,11-13,15H,10,14H2,1-3H3,(H2,25,31)(H2,26,27,28,29)/t15-/m1/s1. The summed E-state index contributed by atoms with van der Waals surface area (Å²) in [6.45, 7) is 2.10. The van der Waals surface area contributed by atoms with Crippen molar-refractivity contribution < 1.29 is 23.8 Å². The molecule has 0 bridgehead atoms. The number of methoxy groups -OCH3 is 2. The van der Waals surface area contributed by atoms with Crippen LogP contribution in [0.4, 0.5) is 23.0 Å².